The lowest BCUT2D eigenvalue weighted by molar-refractivity contribution is 0.675. The average molecular weight is 227 g/mol. The molecule has 0 aliphatic heterocycles. The van der Waals surface area contributed by atoms with Crippen LogP contribution in [0.15, 0.2) is 36.8 Å². The van der Waals surface area contributed by atoms with Gasteiger partial charge in [-0.2, -0.15) is 0 Å². The van der Waals surface area contributed by atoms with Crippen LogP contribution in [-0.4, -0.2) is 9.97 Å². The van der Waals surface area contributed by atoms with Crippen molar-refractivity contribution in [3.8, 4) is 0 Å². The summed E-state index contributed by atoms with van der Waals surface area (Å²) in [7, 11) is 0. The van der Waals surface area contributed by atoms with Crippen molar-refractivity contribution in [3.05, 3.63) is 59.2 Å². The van der Waals surface area contributed by atoms with E-state index in [0.717, 1.165) is 18.8 Å². The Morgan fingerprint density at radius 2 is 1.94 bits per heavy atom. The third-order valence-electron chi connectivity index (χ3n) is 2.74. The van der Waals surface area contributed by atoms with E-state index in [1.165, 1.54) is 16.7 Å². The summed E-state index contributed by atoms with van der Waals surface area (Å²) in [6, 6.07) is 6.17. The van der Waals surface area contributed by atoms with Crippen LogP contribution in [0.2, 0.25) is 0 Å². The molecule has 0 saturated carbocycles. The molecule has 88 valence electrons. The van der Waals surface area contributed by atoms with Crippen molar-refractivity contribution in [3.63, 3.8) is 0 Å². The molecule has 0 saturated heterocycles. The quantitative estimate of drug-likeness (QED) is 0.871. The third kappa shape index (κ3) is 3.36. The lowest BCUT2D eigenvalue weighted by Gasteiger charge is -2.06. The summed E-state index contributed by atoms with van der Waals surface area (Å²) >= 11 is 0. The zero-order chi connectivity index (χ0) is 12.1. The van der Waals surface area contributed by atoms with Gasteiger partial charge in [0, 0.05) is 31.7 Å². The Morgan fingerprint density at radius 3 is 2.65 bits per heavy atom. The van der Waals surface area contributed by atoms with E-state index in [1.54, 1.807) is 0 Å². The maximum atomic E-state index is 4.35. The first-order valence-corrected chi connectivity index (χ1v) is 5.77. The second-order valence-electron chi connectivity index (χ2n) is 4.23. The predicted molar refractivity (Wildman–Crippen MR) is 68.5 cm³/mol. The fraction of sp³-hybridized carbons (Fsp3) is 0.286. The van der Waals surface area contributed by atoms with E-state index in [9.17, 15) is 0 Å². The van der Waals surface area contributed by atoms with Gasteiger partial charge in [0.05, 0.1) is 5.69 Å². The molecular formula is C14H17N3. The van der Waals surface area contributed by atoms with Crippen LogP contribution in [0.1, 0.15) is 22.4 Å². The SMILES string of the molecule is Cc1ccc(CNCc2cnccc2C)nc1. The Kier molecular flexibility index (Phi) is 3.83. The van der Waals surface area contributed by atoms with E-state index >= 15 is 0 Å². The molecule has 0 aliphatic carbocycles. The summed E-state index contributed by atoms with van der Waals surface area (Å²) in [6.07, 6.45) is 5.62. The summed E-state index contributed by atoms with van der Waals surface area (Å²) in [5.41, 5.74) is 4.76. The van der Waals surface area contributed by atoms with Crippen LogP contribution < -0.4 is 5.32 Å². The van der Waals surface area contributed by atoms with Crippen LogP contribution in [0, 0.1) is 13.8 Å². The number of rotatable bonds is 4. The molecule has 0 aliphatic rings. The lowest BCUT2D eigenvalue weighted by Crippen LogP contribution is -2.14. The maximum Gasteiger partial charge on any atom is 0.0541 e. The van der Waals surface area contributed by atoms with Crippen LogP contribution in [-0.2, 0) is 13.1 Å². The number of hydrogen-bond donors (Lipinski definition) is 1. The van der Waals surface area contributed by atoms with Gasteiger partial charge in [0.15, 0.2) is 0 Å². The van der Waals surface area contributed by atoms with Crippen molar-refractivity contribution in [1.82, 2.24) is 15.3 Å². The van der Waals surface area contributed by atoms with Gasteiger partial charge in [-0.1, -0.05) is 6.07 Å². The van der Waals surface area contributed by atoms with E-state index < -0.39 is 0 Å². The predicted octanol–water partition coefficient (Wildman–Crippen LogP) is 2.38. The third-order valence-corrected chi connectivity index (χ3v) is 2.74. The molecule has 1 N–H and O–H groups in total. The molecule has 2 heterocycles. The minimum absolute atomic E-state index is 0.786. The van der Waals surface area contributed by atoms with Gasteiger partial charge in [-0.05, 0) is 42.7 Å². The molecule has 2 aromatic heterocycles. The van der Waals surface area contributed by atoms with Crippen molar-refractivity contribution in [2.75, 3.05) is 0 Å². The molecule has 0 spiro atoms. The highest BCUT2D eigenvalue weighted by Crippen LogP contribution is 2.04. The van der Waals surface area contributed by atoms with Gasteiger partial charge in [0.2, 0.25) is 0 Å². The zero-order valence-electron chi connectivity index (χ0n) is 10.3. The summed E-state index contributed by atoms with van der Waals surface area (Å²) in [4.78, 5) is 8.48. The van der Waals surface area contributed by atoms with Crippen molar-refractivity contribution in [2.24, 2.45) is 0 Å². The van der Waals surface area contributed by atoms with Gasteiger partial charge in [0.1, 0.15) is 0 Å². The van der Waals surface area contributed by atoms with Crippen LogP contribution >= 0.6 is 0 Å². The monoisotopic (exact) mass is 227 g/mol. The molecular weight excluding hydrogens is 210 g/mol. The second kappa shape index (κ2) is 5.55. The Morgan fingerprint density at radius 1 is 1.06 bits per heavy atom. The molecule has 3 nitrogen and oxygen atoms in total. The molecule has 0 fully saturated rings. The van der Waals surface area contributed by atoms with Gasteiger partial charge in [-0.15, -0.1) is 0 Å². The van der Waals surface area contributed by atoms with Gasteiger partial charge in [0.25, 0.3) is 0 Å². The molecule has 2 aromatic rings. The van der Waals surface area contributed by atoms with E-state index in [0.29, 0.717) is 0 Å². The molecule has 0 amide bonds. The summed E-state index contributed by atoms with van der Waals surface area (Å²) in [5, 5.41) is 3.38. The molecule has 3 heteroatoms. The van der Waals surface area contributed by atoms with E-state index in [4.69, 9.17) is 0 Å². The zero-order valence-corrected chi connectivity index (χ0v) is 10.3. The standard InChI is InChI=1S/C14H17N3/c1-11-3-4-14(17-7-11)10-16-9-13-8-15-6-5-12(13)2/h3-8,16H,9-10H2,1-2H3. The Hall–Kier alpha value is -1.74. The normalized spacial score (nSPS) is 10.5. The molecule has 0 unspecified atom stereocenters. The summed E-state index contributed by atoms with van der Waals surface area (Å²) in [6.45, 7) is 5.76. The molecule has 0 radical (unpaired) electrons. The first-order chi connectivity index (χ1) is 8.25. The summed E-state index contributed by atoms with van der Waals surface area (Å²) in [5.74, 6) is 0. The molecule has 17 heavy (non-hydrogen) atoms. The van der Waals surface area contributed by atoms with Gasteiger partial charge in [-0.3, -0.25) is 9.97 Å². The highest BCUT2D eigenvalue weighted by molar-refractivity contribution is 5.21. The first-order valence-electron chi connectivity index (χ1n) is 5.77. The second-order valence-corrected chi connectivity index (χ2v) is 4.23. The number of nitrogens with zero attached hydrogens (tertiary/aromatic N) is 2. The van der Waals surface area contributed by atoms with Crippen molar-refractivity contribution in [2.45, 2.75) is 26.9 Å². The lowest BCUT2D eigenvalue weighted by atomic mass is 10.1. The van der Waals surface area contributed by atoms with Crippen molar-refractivity contribution < 1.29 is 0 Å². The number of nitrogens with one attached hydrogen (secondary N) is 1. The van der Waals surface area contributed by atoms with Gasteiger partial charge >= 0.3 is 0 Å². The van der Waals surface area contributed by atoms with E-state index in [-0.39, 0.29) is 0 Å². The molecule has 2 rings (SSSR count). The van der Waals surface area contributed by atoms with Gasteiger partial charge < -0.3 is 5.32 Å². The fourth-order valence-electron chi connectivity index (χ4n) is 1.61. The van der Waals surface area contributed by atoms with E-state index in [1.807, 2.05) is 31.6 Å². The highest BCUT2D eigenvalue weighted by Gasteiger charge is 1.98. The van der Waals surface area contributed by atoms with Crippen molar-refractivity contribution >= 4 is 0 Å². The smallest absolute Gasteiger partial charge is 0.0541 e. The van der Waals surface area contributed by atoms with E-state index in [2.05, 4.69) is 34.3 Å². The van der Waals surface area contributed by atoms with Crippen LogP contribution in [0.5, 0.6) is 0 Å². The minimum atomic E-state index is 0.786. The average Bonchev–Trinajstić information content (AvgIpc) is 2.34. The topological polar surface area (TPSA) is 37.8 Å². The Balaban J connectivity index is 1.88. The largest absolute Gasteiger partial charge is 0.307 e. The van der Waals surface area contributed by atoms with Gasteiger partial charge in [-0.25, -0.2) is 0 Å². The first kappa shape index (κ1) is 11.7. The minimum Gasteiger partial charge on any atom is -0.307 e. The van der Waals surface area contributed by atoms with Crippen molar-refractivity contribution in [1.29, 1.82) is 0 Å². The molecule has 0 aromatic carbocycles. The number of pyridine rings is 2. The molecule has 0 bridgehead atoms. The Bertz CT molecular complexity index is 477. The fourth-order valence-corrected chi connectivity index (χ4v) is 1.61. The number of aromatic nitrogens is 2. The number of aryl methyl sites for hydroxylation is 2. The molecule has 0 atom stereocenters. The number of hydrogen-bond acceptors (Lipinski definition) is 3. The maximum absolute atomic E-state index is 4.35. The van der Waals surface area contributed by atoms with Crippen LogP contribution in [0.3, 0.4) is 0 Å². The van der Waals surface area contributed by atoms with Crippen LogP contribution in [0.4, 0.5) is 0 Å². The Labute approximate surface area is 102 Å². The highest BCUT2D eigenvalue weighted by atomic mass is 14.9. The van der Waals surface area contributed by atoms with Crippen LogP contribution in [0.25, 0.3) is 0 Å². The summed E-state index contributed by atoms with van der Waals surface area (Å²) < 4.78 is 0.